The van der Waals surface area contributed by atoms with Gasteiger partial charge in [-0.15, -0.1) is 0 Å². The molecule has 1 aromatic carbocycles. The van der Waals surface area contributed by atoms with Gasteiger partial charge >= 0.3 is 6.18 Å². The number of pyridine rings is 1. The molecular weight excluding hydrogens is 271 g/mol. The van der Waals surface area contributed by atoms with Crippen molar-refractivity contribution in [3.8, 4) is 17.7 Å². The quantitative estimate of drug-likeness (QED) is 0.915. The number of anilines is 1. The molecule has 0 saturated heterocycles. The van der Waals surface area contributed by atoms with E-state index in [0.717, 1.165) is 12.1 Å². The molecule has 0 bridgehead atoms. The lowest BCUT2D eigenvalue weighted by Gasteiger charge is -2.10. The normalized spacial score (nSPS) is 10.9. The maximum Gasteiger partial charge on any atom is 0.416 e. The summed E-state index contributed by atoms with van der Waals surface area (Å²) in [5, 5.41) is 8.66. The highest BCUT2D eigenvalue weighted by Crippen LogP contribution is 2.33. The molecule has 2 aromatic rings. The lowest BCUT2D eigenvalue weighted by molar-refractivity contribution is -0.137. The zero-order chi connectivity index (χ0) is 14.8. The Bertz CT molecular complexity index is 677. The Labute approximate surface area is 112 Å². The van der Waals surface area contributed by atoms with Gasteiger partial charge in [-0.05, 0) is 24.3 Å². The van der Waals surface area contributed by atoms with Crippen LogP contribution in [0.3, 0.4) is 0 Å². The Balaban J connectivity index is 2.29. The number of ether oxygens (including phenoxy) is 1. The van der Waals surface area contributed by atoms with E-state index >= 15 is 0 Å². The van der Waals surface area contributed by atoms with Crippen LogP contribution in [0.25, 0.3) is 0 Å². The second-order valence-corrected chi connectivity index (χ2v) is 3.86. The van der Waals surface area contributed by atoms with Gasteiger partial charge in [-0.3, -0.25) is 0 Å². The van der Waals surface area contributed by atoms with Gasteiger partial charge in [0.25, 0.3) is 0 Å². The summed E-state index contributed by atoms with van der Waals surface area (Å²) in [4.78, 5) is 3.79. The van der Waals surface area contributed by atoms with Crippen LogP contribution < -0.4 is 10.5 Å². The largest absolute Gasteiger partial charge is 0.437 e. The van der Waals surface area contributed by atoms with Crippen molar-refractivity contribution in [1.82, 2.24) is 4.98 Å². The van der Waals surface area contributed by atoms with Gasteiger partial charge in [-0.1, -0.05) is 6.07 Å². The molecule has 102 valence electrons. The Kier molecular flexibility index (Phi) is 3.48. The number of alkyl halides is 3. The van der Waals surface area contributed by atoms with Crippen molar-refractivity contribution >= 4 is 5.69 Å². The fraction of sp³-hybridized carbons (Fsp3) is 0.0769. The van der Waals surface area contributed by atoms with Crippen molar-refractivity contribution in [2.45, 2.75) is 6.18 Å². The summed E-state index contributed by atoms with van der Waals surface area (Å²) in [6.07, 6.45) is -3.23. The Morgan fingerprint density at radius 2 is 2.00 bits per heavy atom. The van der Waals surface area contributed by atoms with E-state index in [0.29, 0.717) is 0 Å². The third-order valence-corrected chi connectivity index (χ3v) is 2.38. The average Bonchev–Trinajstić information content (AvgIpc) is 2.40. The third-order valence-electron chi connectivity index (χ3n) is 2.38. The lowest BCUT2D eigenvalue weighted by atomic mass is 10.2. The predicted molar refractivity (Wildman–Crippen MR) is 64.9 cm³/mol. The standard InChI is InChI=1S/C13H8F3N3O/c14-13(15,16)9-2-1-3-10(5-9)20-12-11(18)4-8(6-17)7-19-12/h1-5,7H,18H2. The second-order valence-electron chi connectivity index (χ2n) is 3.86. The molecule has 1 heterocycles. The number of nitrogen functional groups attached to an aromatic ring is 1. The van der Waals surface area contributed by atoms with Crippen molar-refractivity contribution < 1.29 is 17.9 Å². The predicted octanol–water partition coefficient (Wildman–Crippen LogP) is 3.35. The number of halogens is 3. The summed E-state index contributed by atoms with van der Waals surface area (Å²) < 4.78 is 42.9. The molecule has 0 radical (unpaired) electrons. The molecular formula is C13H8F3N3O. The van der Waals surface area contributed by atoms with Crippen LogP contribution in [0, 0.1) is 11.3 Å². The van der Waals surface area contributed by atoms with Crippen molar-refractivity contribution in [2.24, 2.45) is 0 Å². The van der Waals surface area contributed by atoms with Gasteiger partial charge in [0.1, 0.15) is 11.8 Å². The first-order valence-corrected chi connectivity index (χ1v) is 5.41. The minimum Gasteiger partial charge on any atom is -0.437 e. The first-order valence-electron chi connectivity index (χ1n) is 5.41. The number of benzene rings is 1. The van der Waals surface area contributed by atoms with Crippen LogP contribution in [0.5, 0.6) is 11.6 Å². The van der Waals surface area contributed by atoms with Gasteiger partial charge in [0.05, 0.1) is 16.8 Å². The molecule has 2 N–H and O–H groups in total. The van der Waals surface area contributed by atoms with E-state index in [1.54, 1.807) is 0 Å². The van der Waals surface area contributed by atoms with E-state index in [-0.39, 0.29) is 22.9 Å². The first-order chi connectivity index (χ1) is 9.40. The third kappa shape index (κ3) is 2.98. The molecule has 0 aliphatic rings. The first kappa shape index (κ1) is 13.7. The number of hydrogen-bond acceptors (Lipinski definition) is 4. The molecule has 0 aliphatic heterocycles. The van der Waals surface area contributed by atoms with E-state index in [2.05, 4.69) is 4.98 Å². The molecule has 1 aromatic heterocycles. The minimum absolute atomic E-state index is 0.0382. The summed E-state index contributed by atoms with van der Waals surface area (Å²) in [6, 6.07) is 7.53. The zero-order valence-electron chi connectivity index (χ0n) is 9.98. The van der Waals surface area contributed by atoms with Gasteiger partial charge in [-0.2, -0.15) is 18.4 Å². The zero-order valence-corrected chi connectivity index (χ0v) is 9.98. The van der Waals surface area contributed by atoms with E-state index in [1.165, 1.54) is 24.4 Å². The van der Waals surface area contributed by atoms with Crippen molar-refractivity contribution in [1.29, 1.82) is 5.26 Å². The Morgan fingerprint density at radius 3 is 2.60 bits per heavy atom. The van der Waals surface area contributed by atoms with Crippen LogP contribution >= 0.6 is 0 Å². The number of nitriles is 1. The monoisotopic (exact) mass is 279 g/mol. The number of hydrogen-bond donors (Lipinski definition) is 1. The summed E-state index contributed by atoms with van der Waals surface area (Å²) in [6.45, 7) is 0. The maximum absolute atomic E-state index is 12.6. The van der Waals surface area contributed by atoms with Gasteiger partial charge in [0.2, 0.25) is 5.88 Å². The van der Waals surface area contributed by atoms with Crippen LogP contribution in [0.15, 0.2) is 36.5 Å². The second kappa shape index (κ2) is 5.09. The number of nitrogens with zero attached hydrogens (tertiary/aromatic N) is 2. The molecule has 0 unspecified atom stereocenters. The Hall–Kier alpha value is -2.75. The highest BCUT2D eigenvalue weighted by Gasteiger charge is 2.30. The van der Waals surface area contributed by atoms with Gasteiger partial charge in [0.15, 0.2) is 0 Å². The highest BCUT2D eigenvalue weighted by atomic mass is 19.4. The van der Waals surface area contributed by atoms with E-state index < -0.39 is 11.7 Å². The smallest absolute Gasteiger partial charge is 0.416 e. The summed E-state index contributed by atoms with van der Waals surface area (Å²) >= 11 is 0. The molecule has 4 nitrogen and oxygen atoms in total. The lowest BCUT2D eigenvalue weighted by Crippen LogP contribution is -2.04. The molecule has 0 aliphatic carbocycles. The van der Waals surface area contributed by atoms with Crippen LogP contribution in [-0.4, -0.2) is 4.98 Å². The topological polar surface area (TPSA) is 71.9 Å². The number of rotatable bonds is 2. The van der Waals surface area contributed by atoms with Crippen LogP contribution in [-0.2, 0) is 6.18 Å². The van der Waals surface area contributed by atoms with Gasteiger partial charge < -0.3 is 10.5 Å². The number of aromatic nitrogens is 1. The van der Waals surface area contributed by atoms with Crippen LogP contribution in [0.2, 0.25) is 0 Å². The molecule has 0 amide bonds. The molecule has 0 fully saturated rings. The van der Waals surface area contributed by atoms with E-state index in [9.17, 15) is 13.2 Å². The van der Waals surface area contributed by atoms with Crippen LogP contribution in [0.1, 0.15) is 11.1 Å². The highest BCUT2D eigenvalue weighted by molar-refractivity contribution is 5.53. The molecule has 0 saturated carbocycles. The fourth-order valence-corrected chi connectivity index (χ4v) is 1.46. The van der Waals surface area contributed by atoms with Gasteiger partial charge in [0, 0.05) is 6.20 Å². The maximum atomic E-state index is 12.6. The fourth-order valence-electron chi connectivity index (χ4n) is 1.46. The Morgan fingerprint density at radius 1 is 1.25 bits per heavy atom. The van der Waals surface area contributed by atoms with Crippen molar-refractivity contribution in [3.05, 3.63) is 47.7 Å². The minimum atomic E-state index is -4.46. The summed E-state index contributed by atoms with van der Waals surface area (Å²) in [5.74, 6) is -0.0907. The van der Waals surface area contributed by atoms with Crippen LogP contribution in [0.4, 0.5) is 18.9 Å². The van der Waals surface area contributed by atoms with E-state index in [1.807, 2.05) is 6.07 Å². The molecule has 0 atom stereocenters. The SMILES string of the molecule is N#Cc1cnc(Oc2cccc(C(F)(F)F)c2)c(N)c1. The van der Waals surface area contributed by atoms with E-state index in [4.69, 9.17) is 15.7 Å². The molecule has 2 rings (SSSR count). The molecule has 0 spiro atoms. The summed E-state index contributed by atoms with van der Waals surface area (Å²) in [5.41, 5.74) is 5.08. The summed E-state index contributed by atoms with van der Waals surface area (Å²) in [7, 11) is 0. The molecule has 20 heavy (non-hydrogen) atoms. The van der Waals surface area contributed by atoms with Gasteiger partial charge in [-0.25, -0.2) is 4.98 Å². The van der Waals surface area contributed by atoms with Crippen molar-refractivity contribution in [2.75, 3.05) is 5.73 Å². The molecule has 7 heteroatoms. The van der Waals surface area contributed by atoms with Crippen molar-refractivity contribution in [3.63, 3.8) is 0 Å². The average molecular weight is 279 g/mol. The number of nitrogens with two attached hydrogens (primary N) is 1.